The Morgan fingerprint density at radius 3 is 2.25 bits per heavy atom. The van der Waals surface area contributed by atoms with Gasteiger partial charge >= 0.3 is 12.1 Å². The van der Waals surface area contributed by atoms with Crippen molar-refractivity contribution in [2.75, 3.05) is 0 Å². The zero-order chi connectivity index (χ0) is 12.1. The molecule has 16 heavy (non-hydrogen) atoms. The Bertz CT molecular complexity index is 338. The molecule has 2 bridgehead atoms. The molecular weight excluding hydrogens is 210 g/mol. The Morgan fingerprint density at radius 2 is 1.94 bits per heavy atom. The molecule has 0 heterocycles. The second-order valence-electron chi connectivity index (χ2n) is 5.77. The summed E-state index contributed by atoms with van der Waals surface area (Å²) in [5.41, 5.74) is -1.08. The Labute approximate surface area is 94.2 Å². The lowest BCUT2D eigenvalue weighted by Gasteiger charge is -2.65. The maximum absolute atomic E-state index is 11.5. The zero-order valence-corrected chi connectivity index (χ0v) is 9.74. The fraction of sp³-hybridized carbons (Fsp3) is 0.818. The quantitative estimate of drug-likeness (QED) is 0.747. The first kappa shape index (κ1) is 11.2. The molecule has 0 radical (unpaired) electrons. The van der Waals surface area contributed by atoms with Crippen LogP contribution in [0.15, 0.2) is 0 Å². The number of carbonyl (C=O) groups is 2. The van der Waals surface area contributed by atoms with Crippen molar-refractivity contribution in [1.29, 1.82) is 0 Å². The highest BCUT2D eigenvalue weighted by atomic mass is 16.6. The van der Waals surface area contributed by atoms with Gasteiger partial charge in [0.15, 0.2) is 0 Å². The van der Waals surface area contributed by atoms with Crippen molar-refractivity contribution in [2.45, 2.75) is 44.8 Å². The molecule has 5 heteroatoms. The summed E-state index contributed by atoms with van der Waals surface area (Å²) in [5.74, 6) is -0.994. The number of hydrogen-bond donors (Lipinski definition) is 2. The summed E-state index contributed by atoms with van der Waals surface area (Å²) in [5, 5.41) is 11.7. The van der Waals surface area contributed by atoms with Gasteiger partial charge in [-0.2, -0.15) is 0 Å². The zero-order valence-electron chi connectivity index (χ0n) is 9.74. The van der Waals surface area contributed by atoms with Crippen LogP contribution in [0.2, 0.25) is 0 Å². The van der Waals surface area contributed by atoms with Crippen molar-refractivity contribution in [2.24, 2.45) is 11.8 Å². The molecule has 2 N–H and O–H groups in total. The standard InChI is InChI=1S/C11H17NO4/c1-10(2,3)16-9(15)12-11-4-6(5-11)7(11)8(13)14/h6-7H,4-5H2,1-3H3,(H,12,15)(H,13,14). The summed E-state index contributed by atoms with van der Waals surface area (Å²) in [6.45, 7) is 5.34. The third-order valence-corrected chi connectivity index (χ3v) is 3.34. The first-order valence-electron chi connectivity index (χ1n) is 5.47. The smallest absolute Gasteiger partial charge is 0.408 e. The molecule has 1 amide bonds. The topological polar surface area (TPSA) is 75.6 Å². The second-order valence-corrected chi connectivity index (χ2v) is 5.77. The molecule has 0 spiro atoms. The van der Waals surface area contributed by atoms with Gasteiger partial charge in [-0.15, -0.1) is 0 Å². The average molecular weight is 227 g/mol. The number of carboxylic acids is 1. The highest BCUT2D eigenvalue weighted by molar-refractivity contribution is 5.79. The van der Waals surface area contributed by atoms with E-state index in [1.165, 1.54) is 0 Å². The van der Waals surface area contributed by atoms with Crippen molar-refractivity contribution < 1.29 is 19.4 Å². The number of nitrogens with one attached hydrogen (secondary N) is 1. The van der Waals surface area contributed by atoms with E-state index in [1.54, 1.807) is 20.8 Å². The lowest BCUT2D eigenvalue weighted by Crippen LogP contribution is -2.77. The number of amides is 1. The van der Waals surface area contributed by atoms with E-state index in [9.17, 15) is 9.59 Å². The van der Waals surface area contributed by atoms with Gasteiger partial charge in [0.2, 0.25) is 0 Å². The molecule has 0 aromatic rings. The SMILES string of the molecule is CC(C)(C)OC(=O)NC12CC(C1)C2C(=O)O. The van der Waals surface area contributed by atoms with Crippen LogP contribution in [-0.2, 0) is 9.53 Å². The minimum Gasteiger partial charge on any atom is -0.481 e. The van der Waals surface area contributed by atoms with Gasteiger partial charge < -0.3 is 15.2 Å². The van der Waals surface area contributed by atoms with Crippen molar-refractivity contribution in [3.05, 3.63) is 0 Å². The van der Waals surface area contributed by atoms with E-state index in [0.717, 1.165) is 12.8 Å². The van der Waals surface area contributed by atoms with E-state index in [4.69, 9.17) is 9.84 Å². The van der Waals surface area contributed by atoms with E-state index < -0.39 is 29.1 Å². The lowest BCUT2D eigenvalue weighted by molar-refractivity contribution is -0.183. The number of carbonyl (C=O) groups excluding carboxylic acids is 1. The number of ether oxygens (including phenoxy) is 1. The van der Waals surface area contributed by atoms with Gasteiger partial charge in [0.25, 0.3) is 0 Å². The summed E-state index contributed by atoms with van der Waals surface area (Å²) in [7, 11) is 0. The van der Waals surface area contributed by atoms with E-state index in [2.05, 4.69) is 5.32 Å². The van der Waals surface area contributed by atoms with E-state index in [-0.39, 0.29) is 5.92 Å². The number of aliphatic carboxylic acids is 1. The first-order chi connectivity index (χ1) is 7.23. The van der Waals surface area contributed by atoms with Crippen LogP contribution in [0.3, 0.4) is 0 Å². The van der Waals surface area contributed by atoms with Crippen molar-refractivity contribution in [3.63, 3.8) is 0 Å². The predicted octanol–water partition coefficient (Wildman–Crippen LogP) is 1.37. The van der Waals surface area contributed by atoms with Gasteiger partial charge in [-0.3, -0.25) is 4.79 Å². The van der Waals surface area contributed by atoms with Gasteiger partial charge in [0, 0.05) is 0 Å². The average Bonchev–Trinajstić information content (AvgIpc) is 1.90. The summed E-state index contributed by atoms with van der Waals surface area (Å²) >= 11 is 0. The molecule has 0 aliphatic heterocycles. The lowest BCUT2D eigenvalue weighted by atomic mass is 9.42. The molecule has 5 nitrogen and oxygen atoms in total. The summed E-state index contributed by atoms with van der Waals surface area (Å²) < 4.78 is 5.12. The Hall–Kier alpha value is -1.26. The Kier molecular flexibility index (Phi) is 2.19. The molecule has 3 rings (SSSR count). The van der Waals surface area contributed by atoms with Crippen molar-refractivity contribution in [3.8, 4) is 0 Å². The molecule has 1 atom stereocenters. The highest BCUT2D eigenvalue weighted by Gasteiger charge is 2.69. The maximum Gasteiger partial charge on any atom is 0.408 e. The third kappa shape index (κ3) is 1.64. The fourth-order valence-electron chi connectivity index (χ4n) is 2.62. The number of rotatable bonds is 2. The summed E-state index contributed by atoms with van der Waals surface area (Å²) in [6.07, 6.45) is 1.02. The Morgan fingerprint density at radius 1 is 1.38 bits per heavy atom. The molecule has 3 saturated carbocycles. The molecule has 3 fully saturated rings. The van der Waals surface area contributed by atoms with Crippen LogP contribution in [0.4, 0.5) is 4.79 Å². The second kappa shape index (κ2) is 3.12. The normalized spacial score (nSPS) is 35.7. The first-order valence-corrected chi connectivity index (χ1v) is 5.47. The van der Waals surface area contributed by atoms with Gasteiger partial charge in [-0.1, -0.05) is 0 Å². The molecule has 3 aliphatic carbocycles. The molecule has 0 saturated heterocycles. The molecule has 0 aromatic heterocycles. The van der Waals surface area contributed by atoms with Crippen LogP contribution in [0, 0.1) is 11.8 Å². The van der Waals surface area contributed by atoms with E-state index >= 15 is 0 Å². The Balaban J connectivity index is 1.91. The van der Waals surface area contributed by atoms with E-state index in [0.29, 0.717) is 0 Å². The number of carboxylic acid groups (broad SMARTS) is 1. The van der Waals surface area contributed by atoms with Gasteiger partial charge in [-0.25, -0.2) is 4.79 Å². The largest absolute Gasteiger partial charge is 0.481 e. The maximum atomic E-state index is 11.5. The van der Waals surface area contributed by atoms with E-state index in [1.807, 2.05) is 0 Å². The van der Waals surface area contributed by atoms with Crippen LogP contribution in [0.25, 0.3) is 0 Å². The predicted molar refractivity (Wildman–Crippen MR) is 56.0 cm³/mol. The highest BCUT2D eigenvalue weighted by Crippen LogP contribution is 2.61. The van der Waals surface area contributed by atoms with Gasteiger partial charge in [0.05, 0.1) is 11.5 Å². The van der Waals surface area contributed by atoms with Crippen molar-refractivity contribution in [1.82, 2.24) is 5.32 Å². The third-order valence-electron chi connectivity index (χ3n) is 3.34. The monoisotopic (exact) mass is 227 g/mol. The fourth-order valence-corrected chi connectivity index (χ4v) is 2.62. The number of hydrogen-bond acceptors (Lipinski definition) is 3. The van der Waals surface area contributed by atoms with Crippen LogP contribution >= 0.6 is 0 Å². The van der Waals surface area contributed by atoms with Crippen LogP contribution < -0.4 is 5.32 Å². The van der Waals surface area contributed by atoms with Crippen LogP contribution in [0.1, 0.15) is 33.6 Å². The van der Waals surface area contributed by atoms with Crippen LogP contribution in [0.5, 0.6) is 0 Å². The molecule has 3 aliphatic rings. The summed E-state index contributed by atoms with van der Waals surface area (Å²) in [6, 6.07) is 0. The minimum atomic E-state index is -0.821. The number of alkyl carbamates (subject to hydrolysis) is 1. The molecule has 1 unspecified atom stereocenters. The van der Waals surface area contributed by atoms with Gasteiger partial charge in [-0.05, 0) is 39.5 Å². The van der Waals surface area contributed by atoms with Crippen molar-refractivity contribution >= 4 is 12.1 Å². The molecule has 90 valence electrons. The van der Waals surface area contributed by atoms with Crippen LogP contribution in [-0.4, -0.2) is 28.3 Å². The molecule has 0 aromatic carbocycles. The molecular formula is C11H17NO4. The summed E-state index contributed by atoms with van der Waals surface area (Å²) in [4.78, 5) is 22.4. The minimum absolute atomic E-state index is 0.243. The van der Waals surface area contributed by atoms with Gasteiger partial charge in [0.1, 0.15) is 5.60 Å².